The quantitative estimate of drug-likeness (QED) is 0.902. The topological polar surface area (TPSA) is 35.6 Å². The molecule has 0 spiro atoms. The van der Waals surface area contributed by atoms with Crippen LogP contribution in [-0.2, 0) is 4.79 Å². The van der Waals surface area contributed by atoms with Crippen molar-refractivity contribution >= 4 is 34.8 Å². The van der Waals surface area contributed by atoms with Gasteiger partial charge in [0.25, 0.3) is 0 Å². The zero-order valence-electron chi connectivity index (χ0n) is 12.2. The minimum absolute atomic E-state index is 0.0303. The Bertz CT molecular complexity index is 468. The maximum atomic E-state index is 12.1. The first-order valence-corrected chi connectivity index (χ1v) is 8.03. The molecule has 0 radical (unpaired) electrons. The fourth-order valence-electron chi connectivity index (χ4n) is 2.52. The third-order valence-corrected chi connectivity index (χ3v) is 3.95. The van der Waals surface area contributed by atoms with Gasteiger partial charge in [-0.2, -0.15) is 0 Å². The van der Waals surface area contributed by atoms with Crippen LogP contribution < -0.4 is 5.32 Å². The number of hydrogen-bond donors (Lipinski definition) is 1. The molecule has 1 saturated heterocycles. The molecule has 1 aliphatic heterocycles. The molecule has 4 nitrogen and oxygen atoms in total. The summed E-state index contributed by atoms with van der Waals surface area (Å²) in [6, 6.07) is 5.04. The van der Waals surface area contributed by atoms with Crippen molar-refractivity contribution in [2.24, 2.45) is 0 Å². The van der Waals surface area contributed by atoms with Crippen LogP contribution in [0, 0.1) is 0 Å². The fourth-order valence-corrected chi connectivity index (χ4v) is 3.04. The minimum atomic E-state index is -0.0303. The summed E-state index contributed by atoms with van der Waals surface area (Å²) in [4.78, 5) is 16.7. The largest absolute Gasteiger partial charge is 0.325 e. The van der Waals surface area contributed by atoms with Gasteiger partial charge in [-0.05, 0) is 31.2 Å². The summed E-state index contributed by atoms with van der Waals surface area (Å²) in [5.74, 6) is -0.0303. The summed E-state index contributed by atoms with van der Waals surface area (Å²) in [5.41, 5.74) is 0.641. The van der Waals surface area contributed by atoms with Crippen molar-refractivity contribution in [1.82, 2.24) is 9.80 Å². The van der Waals surface area contributed by atoms with Gasteiger partial charge in [0.1, 0.15) is 0 Å². The maximum Gasteiger partial charge on any atom is 0.238 e. The van der Waals surface area contributed by atoms with Crippen LogP contribution in [0.3, 0.4) is 0 Å². The number of rotatable bonds is 5. The van der Waals surface area contributed by atoms with E-state index < -0.39 is 0 Å². The SMILES string of the molecule is CCCN1CCN(CC(=O)Nc2cc(Cl)cc(Cl)c2)CC1. The molecule has 1 amide bonds. The lowest BCUT2D eigenvalue weighted by molar-refractivity contribution is -0.117. The van der Waals surface area contributed by atoms with E-state index >= 15 is 0 Å². The van der Waals surface area contributed by atoms with Gasteiger partial charge in [-0.25, -0.2) is 0 Å². The van der Waals surface area contributed by atoms with Crippen LogP contribution in [0.25, 0.3) is 0 Å². The van der Waals surface area contributed by atoms with Crippen molar-refractivity contribution in [3.63, 3.8) is 0 Å². The van der Waals surface area contributed by atoms with Gasteiger partial charge in [-0.3, -0.25) is 9.69 Å². The number of piperazine rings is 1. The van der Waals surface area contributed by atoms with Crippen LogP contribution in [0.2, 0.25) is 10.0 Å². The Hall–Kier alpha value is -0.810. The summed E-state index contributed by atoms with van der Waals surface area (Å²) in [6.07, 6.45) is 1.18. The van der Waals surface area contributed by atoms with Crippen molar-refractivity contribution in [3.8, 4) is 0 Å². The summed E-state index contributed by atoms with van der Waals surface area (Å²) >= 11 is 11.8. The lowest BCUT2D eigenvalue weighted by Crippen LogP contribution is -2.48. The van der Waals surface area contributed by atoms with Gasteiger partial charge in [0.2, 0.25) is 5.91 Å². The van der Waals surface area contributed by atoms with Crippen molar-refractivity contribution < 1.29 is 4.79 Å². The molecule has 1 heterocycles. The highest BCUT2D eigenvalue weighted by Gasteiger charge is 2.18. The molecule has 0 aliphatic carbocycles. The summed E-state index contributed by atoms with van der Waals surface area (Å²) in [6.45, 7) is 7.67. The second-order valence-corrected chi connectivity index (χ2v) is 6.20. The molecule has 1 fully saturated rings. The molecule has 6 heteroatoms. The van der Waals surface area contributed by atoms with E-state index in [0.717, 1.165) is 32.7 Å². The molecule has 1 aliphatic rings. The average molecular weight is 330 g/mol. The van der Waals surface area contributed by atoms with E-state index in [1.807, 2.05) is 0 Å². The molecular formula is C15H21Cl2N3O. The lowest BCUT2D eigenvalue weighted by atomic mass is 10.3. The normalized spacial score (nSPS) is 16.9. The number of anilines is 1. The first-order valence-electron chi connectivity index (χ1n) is 7.27. The number of hydrogen-bond acceptors (Lipinski definition) is 3. The Labute approximate surface area is 136 Å². The molecule has 2 rings (SSSR count). The number of carbonyl (C=O) groups excluding carboxylic acids is 1. The van der Waals surface area contributed by atoms with Gasteiger partial charge in [0.05, 0.1) is 6.54 Å². The van der Waals surface area contributed by atoms with E-state index in [-0.39, 0.29) is 5.91 Å². The highest BCUT2D eigenvalue weighted by Crippen LogP contribution is 2.22. The van der Waals surface area contributed by atoms with Gasteiger partial charge in [0.15, 0.2) is 0 Å². The standard InChI is InChI=1S/C15H21Cl2N3O/c1-2-3-19-4-6-20(7-5-19)11-15(21)18-14-9-12(16)8-13(17)10-14/h8-10H,2-7,11H2,1H3,(H,18,21). The third-order valence-electron chi connectivity index (χ3n) is 3.52. The van der Waals surface area contributed by atoms with Crippen LogP contribution in [0.1, 0.15) is 13.3 Å². The molecular weight excluding hydrogens is 309 g/mol. The number of nitrogens with zero attached hydrogens (tertiary/aromatic N) is 2. The van der Waals surface area contributed by atoms with Gasteiger partial charge >= 0.3 is 0 Å². The summed E-state index contributed by atoms with van der Waals surface area (Å²) in [7, 11) is 0. The first-order chi connectivity index (χ1) is 10.1. The average Bonchev–Trinajstić information content (AvgIpc) is 2.40. The molecule has 0 unspecified atom stereocenters. The van der Waals surface area contributed by atoms with E-state index in [4.69, 9.17) is 23.2 Å². The van der Waals surface area contributed by atoms with Gasteiger partial charge < -0.3 is 10.2 Å². The second-order valence-electron chi connectivity index (χ2n) is 5.32. The van der Waals surface area contributed by atoms with Gasteiger partial charge in [0, 0.05) is 41.9 Å². The van der Waals surface area contributed by atoms with Crippen LogP contribution >= 0.6 is 23.2 Å². The zero-order valence-corrected chi connectivity index (χ0v) is 13.8. The Morgan fingerprint density at radius 2 is 1.67 bits per heavy atom. The molecule has 0 atom stereocenters. The van der Waals surface area contributed by atoms with Crippen LogP contribution in [0.15, 0.2) is 18.2 Å². The Kier molecular flexibility index (Phi) is 6.30. The van der Waals surface area contributed by atoms with E-state index in [0.29, 0.717) is 22.3 Å². The fraction of sp³-hybridized carbons (Fsp3) is 0.533. The van der Waals surface area contributed by atoms with Crippen molar-refractivity contribution in [1.29, 1.82) is 0 Å². The summed E-state index contributed by atoms with van der Waals surface area (Å²) < 4.78 is 0. The number of nitrogens with one attached hydrogen (secondary N) is 1. The summed E-state index contributed by atoms with van der Waals surface area (Å²) in [5, 5.41) is 3.88. The Morgan fingerprint density at radius 1 is 1.10 bits per heavy atom. The number of amides is 1. The number of benzene rings is 1. The minimum Gasteiger partial charge on any atom is -0.325 e. The third kappa shape index (κ3) is 5.47. The molecule has 0 bridgehead atoms. The lowest BCUT2D eigenvalue weighted by Gasteiger charge is -2.34. The molecule has 116 valence electrons. The molecule has 0 aromatic heterocycles. The van der Waals surface area contributed by atoms with E-state index in [2.05, 4.69) is 22.0 Å². The van der Waals surface area contributed by atoms with E-state index in [1.165, 1.54) is 6.42 Å². The smallest absolute Gasteiger partial charge is 0.238 e. The molecule has 21 heavy (non-hydrogen) atoms. The molecule has 1 aromatic rings. The van der Waals surface area contributed by atoms with E-state index in [1.54, 1.807) is 18.2 Å². The maximum absolute atomic E-state index is 12.1. The Morgan fingerprint density at radius 3 is 2.24 bits per heavy atom. The predicted molar refractivity (Wildman–Crippen MR) is 88.3 cm³/mol. The van der Waals surface area contributed by atoms with Crippen molar-refractivity contribution in [3.05, 3.63) is 28.2 Å². The van der Waals surface area contributed by atoms with Crippen LogP contribution in [0.5, 0.6) is 0 Å². The predicted octanol–water partition coefficient (Wildman–Crippen LogP) is 2.96. The second kappa shape index (κ2) is 7.99. The number of carbonyl (C=O) groups is 1. The molecule has 0 saturated carbocycles. The highest BCUT2D eigenvalue weighted by atomic mass is 35.5. The first kappa shape index (κ1) is 16.6. The zero-order chi connectivity index (χ0) is 15.2. The van der Waals surface area contributed by atoms with Gasteiger partial charge in [-0.15, -0.1) is 0 Å². The van der Waals surface area contributed by atoms with Crippen molar-refractivity contribution in [2.75, 3.05) is 44.6 Å². The number of halogens is 2. The van der Waals surface area contributed by atoms with Crippen LogP contribution in [-0.4, -0.2) is 55.0 Å². The van der Waals surface area contributed by atoms with E-state index in [9.17, 15) is 4.79 Å². The molecule has 1 aromatic carbocycles. The highest BCUT2D eigenvalue weighted by molar-refractivity contribution is 6.35. The monoisotopic (exact) mass is 329 g/mol. The van der Waals surface area contributed by atoms with Crippen LogP contribution in [0.4, 0.5) is 5.69 Å². The molecule has 1 N–H and O–H groups in total. The Balaban J connectivity index is 1.80. The van der Waals surface area contributed by atoms with Crippen molar-refractivity contribution in [2.45, 2.75) is 13.3 Å². The van der Waals surface area contributed by atoms with Gasteiger partial charge in [-0.1, -0.05) is 30.1 Å².